The van der Waals surface area contributed by atoms with E-state index in [1.165, 1.54) is 0 Å². The molecule has 2 aromatic carbocycles. The zero-order valence-electron chi connectivity index (χ0n) is 16.5. The summed E-state index contributed by atoms with van der Waals surface area (Å²) in [6.07, 6.45) is 0. The minimum atomic E-state index is -0.838. The molecule has 2 heterocycles. The van der Waals surface area contributed by atoms with Gasteiger partial charge in [0.2, 0.25) is 5.91 Å². The van der Waals surface area contributed by atoms with Crippen molar-refractivity contribution >= 4 is 40.9 Å². The molecule has 156 valence electrons. The Bertz CT molecular complexity index is 983. The van der Waals surface area contributed by atoms with Crippen molar-refractivity contribution in [3.8, 4) is 0 Å². The fourth-order valence-electron chi connectivity index (χ4n) is 3.95. The second-order valence-corrected chi connectivity index (χ2v) is 8.38. The number of imide groups is 1. The van der Waals surface area contributed by atoms with Crippen LogP contribution in [-0.2, 0) is 11.3 Å². The molecule has 2 aliphatic rings. The smallest absolute Gasteiger partial charge is 0.262 e. The van der Waals surface area contributed by atoms with Crippen LogP contribution in [0.5, 0.6) is 0 Å². The van der Waals surface area contributed by atoms with Crippen molar-refractivity contribution in [1.29, 1.82) is 0 Å². The van der Waals surface area contributed by atoms with Gasteiger partial charge in [0.15, 0.2) is 0 Å². The molecule has 0 spiro atoms. The Morgan fingerprint density at radius 1 is 0.967 bits per heavy atom. The van der Waals surface area contributed by atoms with Gasteiger partial charge in [0.1, 0.15) is 6.04 Å². The first-order valence-electron chi connectivity index (χ1n) is 9.79. The monoisotopic (exact) mass is 445 g/mol. The molecule has 2 aliphatic heterocycles. The maximum Gasteiger partial charge on any atom is 0.262 e. The molecule has 6 nitrogen and oxygen atoms in total. The van der Waals surface area contributed by atoms with Crippen LogP contribution in [0.1, 0.15) is 33.2 Å². The van der Waals surface area contributed by atoms with Gasteiger partial charge in [-0.15, -0.1) is 0 Å². The summed E-state index contributed by atoms with van der Waals surface area (Å²) in [5, 5.41) is 1.22. The van der Waals surface area contributed by atoms with Crippen LogP contribution in [0.3, 0.4) is 0 Å². The van der Waals surface area contributed by atoms with Crippen molar-refractivity contribution in [3.05, 3.63) is 69.2 Å². The molecule has 3 amide bonds. The Labute approximate surface area is 184 Å². The number of carbonyl (C=O) groups excluding carboxylic acids is 3. The second-order valence-electron chi connectivity index (χ2n) is 7.54. The van der Waals surface area contributed by atoms with Crippen molar-refractivity contribution in [2.45, 2.75) is 19.5 Å². The molecule has 30 heavy (non-hydrogen) atoms. The predicted molar refractivity (Wildman–Crippen MR) is 115 cm³/mol. The highest BCUT2D eigenvalue weighted by atomic mass is 35.5. The van der Waals surface area contributed by atoms with Crippen LogP contribution in [-0.4, -0.2) is 64.6 Å². The molecule has 8 heteroatoms. The van der Waals surface area contributed by atoms with Gasteiger partial charge >= 0.3 is 0 Å². The van der Waals surface area contributed by atoms with Gasteiger partial charge in [-0.1, -0.05) is 41.4 Å². The van der Waals surface area contributed by atoms with Gasteiger partial charge < -0.3 is 4.90 Å². The van der Waals surface area contributed by atoms with E-state index in [0.29, 0.717) is 53.9 Å². The minimum absolute atomic E-state index is 0.214. The lowest BCUT2D eigenvalue weighted by atomic mass is 10.1. The van der Waals surface area contributed by atoms with Crippen LogP contribution in [0.15, 0.2) is 42.5 Å². The molecule has 0 N–H and O–H groups in total. The summed E-state index contributed by atoms with van der Waals surface area (Å²) in [5.74, 6) is -1.03. The Kier molecular flexibility index (Phi) is 5.82. The van der Waals surface area contributed by atoms with Gasteiger partial charge in [-0.3, -0.25) is 24.2 Å². The first kappa shape index (κ1) is 20.8. The maximum absolute atomic E-state index is 13.0. The summed E-state index contributed by atoms with van der Waals surface area (Å²) in [7, 11) is 0. The number of fused-ring (bicyclic) bond motifs is 1. The van der Waals surface area contributed by atoms with Crippen LogP contribution in [0.2, 0.25) is 10.0 Å². The zero-order valence-corrected chi connectivity index (χ0v) is 18.0. The number of hydrogen-bond donors (Lipinski definition) is 0. The molecule has 0 aromatic heterocycles. The average Bonchev–Trinajstić information content (AvgIpc) is 3.00. The quantitative estimate of drug-likeness (QED) is 0.677. The van der Waals surface area contributed by atoms with Crippen LogP contribution in [0, 0.1) is 0 Å². The molecule has 2 aromatic rings. The molecule has 1 saturated heterocycles. The normalized spacial score (nSPS) is 18.0. The molecular formula is C22H21Cl2N3O3. The van der Waals surface area contributed by atoms with E-state index in [-0.39, 0.29) is 5.91 Å². The highest BCUT2D eigenvalue weighted by Crippen LogP contribution is 2.26. The fourth-order valence-corrected chi connectivity index (χ4v) is 4.42. The van der Waals surface area contributed by atoms with Crippen LogP contribution < -0.4 is 0 Å². The standard InChI is InChI=1S/C22H21Cl2N3O3/c1-14(27-21(29)17-4-2-3-5-18(17)22(27)30)20(28)26-10-8-25(9-11-26)13-15-6-7-16(23)12-19(15)24/h2-7,12,14H,8-11,13H2,1H3. The number of nitrogens with zero attached hydrogens (tertiary/aromatic N) is 3. The summed E-state index contributed by atoms with van der Waals surface area (Å²) in [6, 6.07) is 11.3. The predicted octanol–water partition coefficient (Wildman–Crippen LogP) is 3.32. The van der Waals surface area contributed by atoms with Crippen molar-refractivity contribution in [2.24, 2.45) is 0 Å². The van der Waals surface area contributed by atoms with E-state index in [1.54, 1.807) is 42.2 Å². The van der Waals surface area contributed by atoms with E-state index in [4.69, 9.17) is 23.2 Å². The lowest BCUT2D eigenvalue weighted by molar-refractivity contribution is -0.136. The van der Waals surface area contributed by atoms with Gasteiger partial charge in [-0.25, -0.2) is 0 Å². The first-order valence-corrected chi connectivity index (χ1v) is 10.5. The molecule has 1 atom stereocenters. The number of carbonyl (C=O) groups is 3. The molecule has 1 fully saturated rings. The van der Waals surface area contributed by atoms with Crippen molar-refractivity contribution < 1.29 is 14.4 Å². The maximum atomic E-state index is 13.0. The number of halogens is 2. The molecule has 0 bridgehead atoms. The molecule has 0 radical (unpaired) electrons. The third-order valence-electron chi connectivity index (χ3n) is 5.66. The minimum Gasteiger partial charge on any atom is -0.338 e. The summed E-state index contributed by atoms with van der Waals surface area (Å²) in [5.41, 5.74) is 1.69. The largest absolute Gasteiger partial charge is 0.338 e. The SMILES string of the molecule is CC(C(=O)N1CCN(Cc2ccc(Cl)cc2Cl)CC1)N1C(=O)c2ccccc2C1=O. The highest BCUT2D eigenvalue weighted by molar-refractivity contribution is 6.35. The number of hydrogen-bond acceptors (Lipinski definition) is 4. The van der Waals surface area contributed by atoms with Crippen molar-refractivity contribution in [1.82, 2.24) is 14.7 Å². The highest BCUT2D eigenvalue weighted by Gasteiger charge is 2.42. The third kappa shape index (κ3) is 3.83. The van der Waals surface area contributed by atoms with E-state index >= 15 is 0 Å². The van der Waals surface area contributed by atoms with Crippen molar-refractivity contribution in [2.75, 3.05) is 26.2 Å². The lowest BCUT2D eigenvalue weighted by Crippen LogP contribution is -2.55. The van der Waals surface area contributed by atoms with E-state index in [9.17, 15) is 14.4 Å². The molecule has 1 unspecified atom stereocenters. The summed E-state index contributed by atoms with van der Waals surface area (Å²) < 4.78 is 0. The van der Waals surface area contributed by atoms with Crippen LogP contribution >= 0.6 is 23.2 Å². The summed E-state index contributed by atoms with van der Waals surface area (Å²) in [4.78, 5) is 43.3. The molecule has 4 rings (SSSR count). The van der Waals surface area contributed by atoms with E-state index in [0.717, 1.165) is 10.5 Å². The Balaban J connectivity index is 1.37. The van der Waals surface area contributed by atoms with Gasteiger partial charge in [-0.2, -0.15) is 0 Å². The Morgan fingerprint density at radius 2 is 1.57 bits per heavy atom. The number of piperazine rings is 1. The van der Waals surface area contributed by atoms with Crippen LogP contribution in [0.25, 0.3) is 0 Å². The second kappa shape index (κ2) is 8.38. The van der Waals surface area contributed by atoms with Gasteiger partial charge in [0, 0.05) is 42.8 Å². The van der Waals surface area contributed by atoms with Crippen molar-refractivity contribution in [3.63, 3.8) is 0 Å². The zero-order chi connectivity index (χ0) is 21.4. The molecule has 0 aliphatic carbocycles. The van der Waals surface area contributed by atoms with E-state index < -0.39 is 17.9 Å². The average molecular weight is 446 g/mol. The fraction of sp³-hybridized carbons (Fsp3) is 0.318. The Hall–Kier alpha value is -2.41. The first-order chi connectivity index (χ1) is 14.4. The molecule has 0 saturated carbocycles. The van der Waals surface area contributed by atoms with Gasteiger partial charge in [0.25, 0.3) is 11.8 Å². The Morgan fingerprint density at radius 3 is 2.13 bits per heavy atom. The van der Waals surface area contributed by atoms with Crippen LogP contribution in [0.4, 0.5) is 0 Å². The number of rotatable bonds is 4. The summed E-state index contributed by atoms with van der Waals surface area (Å²) in [6.45, 7) is 4.70. The summed E-state index contributed by atoms with van der Waals surface area (Å²) >= 11 is 12.2. The third-order valence-corrected chi connectivity index (χ3v) is 6.25. The molecular weight excluding hydrogens is 425 g/mol. The lowest BCUT2D eigenvalue weighted by Gasteiger charge is -2.37. The van der Waals surface area contributed by atoms with Gasteiger partial charge in [0.05, 0.1) is 11.1 Å². The van der Waals surface area contributed by atoms with Gasteiger partial charge in [-0.05, 0) is 36.8 Å². The van der Waals surface area contributed by atoms with E-state index in [1.807, 2.05) is 12.1 Å². The van der Waals surface area contributed by atoms with E-state index in [2.05, 4.69) is 4.90 Å². The topological polar surface area (TPSA) is 60.9 Å². The number of benzene rings is 2. The number of amides is 3.